The zero-order chi connectivity index (χ0) is 17.3. The number of amides is 1. The Morgan fingerprint density at radius 1 is 1.04 bits per heavy atom. The Bertz CT molecular complexity index is 915. The van der Waals surface area contributed by atoms with Crippen molar-refractivity contribution >= 4 is 22.4 Å². The van der Waals surface area contributed by atoms with Gasteiger partial charge in [-0.3, -0.25) is 15.1 Å². The second kappa shape index (κ2) is 6.36. The largest absolute Gasteiger partial charge is 0.298 e. The maximum Gasteiger partial charge on any atom is 0.260 e. The number of carbonyl (C=O) groups is 1. The maximum atomic E-state index is 13.6. The molecule has 0 atom stereocenters. The highest BCUT2D eigenvalue weighted by atomic mass is 32.1. The Morgan fingerprint density at radius 2 is 1.83 bits per heavy atom. The Balaban J connectivity index is 1.85. The van der Waals surface area contributed by atoms with Crippen LogP contribution < -0.4 is 5.32 Å². The van der Waals surface area contributed by atoms with Gasteiger partial charge in [-0.25, -0.2) is 22.5 Å². The number of carbonyl (C=O) groups excluding carboxylic acids is 1. The van der Waals surface area contributed by atoms with Gasteiger partial charge >= 0.3 is 0 Å². The maximum absolute atomic E-state index is 13.6. The minimum absolute atomic E-state index is 0.0743. The van der Waals surface area contributed by atoms with Crippen molar-refractivity contribution in [2.45, 2.75) is 0 Å². The number of nitrogens with one attached hydrogen (secondary N) is 1. The molecule has 0 aliphatic rings. The standard InChI is InChI=1S/C15H7F4N3OS/c16-8-5-7(11(17)13(19)12(8)18)14(23)22-15-21-10(6-24-15)9-3-1-2-4-20-9/h1-6H,(H,21,22,23). The number of aromatic nitrogens is 2. The van der Waals surface area contributed by atoms with E-state index in [1.807, 2.05) is 0 Å². The van der Waals surface area contributed by atoms with Crippen molar-refractivity contribution in [1.82, 2.24) is 9.97 Å². The van der Waals surface area contributed by atoms with Gasteiger partial charge in [-0.15, -0.1) is 11.3 Å². The lowest BCUT2D eigenvalue weighted by Crippen LogP contribution is -2.16. The van der Waals surface area contributed by atoms with E-state index < -0.39 is 34.7 Å². The lowest BCUT2D eigenvalue weighted by molar-refractivity contribution is 0.102. The van der Waals surface area contributed by atoms with Gasteiger partial charge in [-0.2, -0.15) is 0 Å². The number of rotatable bonds is 3. The highest BCUT2D eigenvalue weighted by Gasteiger charge is 2.23. The molecule has 1 N–H and O–H groups in total. The molecule has 0 radical (unpaired) electrons. The zero-order valence-electron chi connectivity index (χ0n) is 11.7. The van der Waals surface area contributed by atoms with Crippen molar-refractivity contribution in [3.8, 4) is 11.4 Å². The lowest BCUT2D eigenvalue weighted by atomic mass is 10.1. The minimum Gasteiger partial charge on any atom is -0.298 e. The van der Waals surface area contributed by atoms with Crippen molar-refractivity contribution in [2.75, 3.05) is 5.32 Å². The van der Waals surface area contributed by atoms with Crippen LogP contribution in [0.25, 0.3) is 11.4 Å². The van der Waals surface area contributed by atoms with E-state index in [2.05, 4.69) is 15.3 Å². The predicted molar refractivity (Wildman–Crippen MR) is 79.6 cm³/mol. The first-order valence-electron chi connectivity index (χ1n) is 6.48. The Labute approximate surface area is 136 Å². The molecule has 24 heavy (non-hydrogen) atoms. The van der Waals surface area contributed by atoms with E-state index in [0.29, 0.717) is 11.4 Å². The fourth-order valence-electron chi connectivity index (χ4n) is 1.87. The van der Waals surface area contributed by atoms with Gasteiger partial charge in [0.15, 0.2) is 28.4 Å². The summed E-state index contributed by atoms with van der Waals surface area (Å²) in [6, 6.07) is 5.46. The number of pyridine rings is 1. The van der Waals surface area contributed by atoms with E-state index in [-0.39, 0.29) is 11.2 Å². The van der Waals surface area contributed by atoms with Crippen molar-refractivity contribution in [1.29, 1.82) is 0 Å². The van der Waals surface area contributed by atoms with E-state index in [1.54, 1.807) is 29.8 Å². The molecule has 0 unspecified atom stereocenters. The first kappa shape index (κ1) is 16.1. The van der Waals surface area contributed by atoms with Gasteiger partial charge in [0.25, 0.3) is 5.91 Å². The summed E-state index contributed by atoms with van der Waals surface area (Å²) in [4.78, 5) is 20.1. The number of benzene rings is 1. The van der Waals surface area contributed by atoms with E-state index in [1.165, 1.54) is 0 Å². The molecule has 122 valence electrons. The second-order valence-corrected chi connectivity index (χ2v) is 5.41. The van der Waals surface area contributed by atoms with Gasteiger partial charge in [0.05, 0.1) is 11.3 Å². The van der Waals surface area contributed by atoms with E-state index in [9.17, 15) is 22.4 Å². The summed E-state index contributed by atoms with van der Waals surface area (Å²) in [6.07, 6.45) is 1.56. The molecular formula is C15H7F4N3OS. The Kier molecular flexibility index (Phi) is 4.26. The molecule has 2 heterocycles. The van der Waals surface area contributed by atoms with Crippen LogP contribution >= 0.6 is 11.3 Å². The molecule has 4 nitrogen and oxygen atoms in total. The average Bonchev–Trinajstić information content (AvgIpc) is 3.05. The molecule has 0 aliphatic heterocycles. The number of anilines is 1. The first-order chi connectivity index (χ1) is 11.5. The summed E-state index contributed by atoms with van der Waals surface area (Å²) in [6.45, 7) is 0. The molecule has 2 aromatic heterocycles. The van der Waals surface area contributed by atoms with Gasteiger partial charge in [0.1, 0.15) is 5.69 Å². The summed E-state index contributed by atoms with van der Waals surface area (Å²) in [5.41, 5.74) is 0.0631. The van der Waals surface area contributed by atoms with Crippen LogP contribution in [0.15, 0.2) is 35.8 Å². The molecule has 0 aliphatic carbocycles. The van der Waals surface area contributed by atoms with E-state index >= 15 is 0 Å². The van der Waals surface area contributed by atoms with Crippen LogP contribution in [0.4, 0.5) is 22.7 Å². The third-order valence-electron chi connectivity index (χ3n) is 3.00. The topological polar surface area (TPSA) is 54.9 Å². The van der Waals surface area contributed by atoms with Gasteiger partial charge in [0.2, 0.25) is 0 Å². The normalized spacial score (nSPS) is 10.7. The summed E-state index contributed by atoms with van der Waals surface area (Å²) < 4.78 is 52.9. The van der Waals surface area contributed by atoms with Crippen molar-refractivity contribution in [3.63, 3.8) is 0 Å². The molecule has 0 spiro atoms. The number of thiazole rings is 1. The summed E-state index contributed by atoms with van der Waals surface area (Å²) in [5.74, 6) is -8.60. The van der Waals surface area contributed by atoms with Gasteiger partial charge in [-0.1, -0.05) is 6.07 Å². The van der Waals surface area contributed by atoms with Crippen molar-refractivity contribution in [2.24, 2.45) is 0 Å². The molecule has 9 heteroatoms. The third kappa shape index (κ3) is 2.98. The summed E-state index contributed by atoms with van der Waals surface area (Å²) in [7, 11) is 0. The molecule has 1 amide bonds. The fraction of sp³-hybridized carbons (Fsp3) is 0. The molecule has 3 rings (SSSR count). The predicted octanol–water partition coefficient (Wildman–Crippen LogP) is 4.01. The molecule has 0 fully saturated rings. The summed E-state index contributed by atoms with van der Waals surface area (Å²) >= 11 is 1.02. The van der Waals surface area contributed by atoms with Gasteiger partial charge < -0.3 is 0 Å². The van der Waals surface area contributed by atoms with Gasteiger partial charge in [0, 0.05) is 11.6 Å². The fourth-order valence-corrected chi connectivity index (χ4v) is 2.57. The van der Waals surface area contributed by atoms with Crippen LogP contribution in [-0.4, -0.2) is 15.9 Å². The Hall–Kier alpha value is -2.81. The molecular weight excluding hydrogens is 346 g/mol. The van der Waals surface area contributed by atoms with Crippen LogP contribution in [0, 0.1) is 23.3 Å². The molecule has 3 aromatic rings. The van der Waals surface area contributed by atoms with Crippen LogP contribution in [0.1, 0.15) is 10.4 Å². The van der Waals surface area contributed by atoms with Gasteiger partial charge in [-0.05, 0) is 18.2 Å². The van der Waals surface area contributed by atoms with Crippen molar-refractivity contribution in [3.05, 3.63) is 64.7 Å². The molecule has 0 bridgehead atoms. The van der Waals surface area contributed by atoms with Crippen LogP contribution in [0.3, 0.4) is 0 Å². The average molecular weight is 353 g/mol. The molecule has 0 saturated heterocycles. The number of nitrogens with zero attached hydrogens (tertiary/aromatic N) is 2. The van der Waals surface area contributed by atoms with Crippen molar-refractivity contribution < 1.29 is 22.4 Å². The second-order valence-electron chi connectivity index (χ2n) is 4.55. The van der Waals surface area contributed by atoms with Crippen LogP contribution in [0.5, 0.6) is 0 Å². The monoisotopic (exact) mass is 353 g/mol. The Morgan fingerprint density at radius 3 is 2.54 bits per heavy atom. The number of hydrogen-bond acceptors (Lipinski definition) is 4. The number of hydrogen-bond donors (Lipinski definition) is 1. The SMILES string of the molecule is O=C(Nc1nc(-c2ccccn2)cs1)c1cc(F)c(F)c(F)c1F. The van der Waals surface area contributed by atoms with E-state index in [0.717, 1.165) is 11.3 Å². The zero-order valence-corrected chi connectivity index (χ0v) is 12.5. The first-order valence-corrected chi connectivity index (χ1v) is 7.36. The third-order valence-corrected chi connectivity index (χ3v) is 3.76. The molecule has 0 saturated carbocycles. The lowest BCUT2D eigenvalue weighted by Gasteiger charge is -2.05. The summed E-state index contributed by atoms with van der Waals surface area (Å²) in [5, 5.41) is 3.88. The molecule has 1 aromatic carbocycles. The smallest absolute Gasteiger partial charge is 0.260 e. The van der Waals surface area contributed by atoms with Crippen LogP contribution in [0.2, 0.25) is 0 Å². The van der Waals surface area contributed by atoms with E-state index in [4.69, 9.17) is 0 Å². The highest BCUT2D eigenvalue weighted by molar-refractivity contribution is 7.14. The van der Waals surface area contributed by atoms with Crippen LogP contribution in [-0.2, 0) is 0 Å². The number of halogens is 4. The minimum atomic E-state index is -2.05. The quantitative estimate of drug-likeness (QED) is 0.440. The highest BCUT2D eigenvalue weighted by Crippen LogP contribution is 2.25.